The maximum Gasteiger partial charge on any atom is 0.349 e. The van der Waals surface area contributed by atoms with Crippen molar-refractivity contribution in [3.05, 3.63) is 101 Å². The summed E-state index contributed by atoms with van der Waals surface area (Å²) in [6.45, 7) is 7.02. The molecule has 0 aliphatic heterocycles. The Hall–Kier alpha value is -5.52. The lowest BCUT2D eigenvalue weighted by atomic mass is 10.1. The molecule has 0 saturated carbocycles. The van der Waals surface area contributed by atoms with Crippen molar-refractivity contribution < 1.29 is 43.3 Å². The molecule has 12 nitrogen and oxygen atoms in total. The Morgan fingerprint density at radius 2 is 1.05 bits per heavy atom. The van der Waals surface area contributed by atoms with E-state index in [0.717, 1.165) is 11.1 Å². The number of carboxylic acid groups (broad SMARTS) is 1. The quantitative estimate of drug-likeness (QED) is 0.204. The van der Waals surface area contributed by atoms with E-state index in [1.165, 1.54) is 48.5 Å². The number of benzene rings is 3. The highest BCUT2D eigenvalue weighted by Crippen LogP contribution is 2.15. The number of aliphatic carboxylic acids is 1. The minimum Gasteiger partial charge on any atom is -0.478 e. The Morgan fingerprint density at radius 3 is 1.49 bits per heavy atom. The molecule has 3 amide bonds. The fourth-order valence-corrected chi connectivity index (χ4v) is 3.49. The van der Waals surface area contributed by atoms with Gasteiger partial charge in [-0.05, 0) is 62.4 Å². The summed E-state index contributed by atoms with van der Waals surface area (Å²) in [6, 6.07) is 17.8. The number of amides is 3. The summed E-state index contributed by atoms with van der Waals surface area (Å²) in [5, 5.41) is 12.5. The number of aryl methyl sites for hydroxylation is 2. The van der Waals surface area contributed by atoms with Crippen LogP contribution in [-0.2, 0) is 23.9 Å². The largest absolute Gasteiger partial charge is 0.478 e. The molecule has 224 valence electrons. The molecule has 4 N–H and O–H groups in total. The van der Waals surface area contributed by atoms with Crippen molar-refractivity contribution in [2.24, 2.45) is 5.92 Å². The lowest BCUT2D eigenvalue weighted by Crippen LogP contribution is -2.54. The van der Waals surface area contributed by atoms with E-state index in [1.807, 2.05) is 5.43 Å². The fourth-order valence-electron chi connectivity index (χ4n) is 3.49. The molecule has 0 aliphatic rings. The van der Waals surface area contributed by atoms with Crippen LogP contribution in [0.5, 0.6) is 0 Å². The Kier molecular flexibility index (Phi) is 10.7. The van der Waals surface area contributed by atoms with E-state index in [1.54, 1.807) is 52.0 Å². The summed E-state index contributed by atoms with van der Waals surface area (Å²) in [5.74, 6) is -6.47. The van der Waals surface area contributed by atoms with Crippen molar-refractivity contribution in [2.75, 3.05) is 5.32 Å². The second-order valence-corrected chi connectivity index (χ2v) is 9.89. The van der Waals surface area contributed by atoms with Crippen LogP contribution in [0.4, 0.5) is 5.69 Å². The number of carbonyl (C=O) groups excluding carboxylic acids is 5. The molecule has 3 rings (SSSR count). The van der Waals surface area contributed by atoms with Gasteiger partial charge in [0.15, 0.2) is 0 Å². The predicted molar refractivity (Wildman–Crippen MR) is 154 cm³/mol. The maximum atomic E-state index is 13.1. The van der Waals surface area contributed by atoms with Gasteiger partial charge in [0.1, 0.15) is 0 Å². The number of rotatable bonds is 10. The zero-order chi connectivity index (χ0) is 31.7. The van der Waals surface area contributed by atoms with Crippen LogP contribution in [0.25, 0.3) is 0 Å². The molecule has 0 heterocycles. The van der Waals surface area contributed by atoms with Crippen LogP contribution in [0.3, 0.4) is 0 Å². The maximum absolute atomic E-state index is 13.1. The molecule has 43 heavy (non-hydrogen) atoms. The zero-order valence-electron chi connectivity index (χ0n) is 23.9. The van der Waals surface area contributed by atoms with Crippen molar-refractivity contribution in [2.45, 2.75) is 39.9 Å². The molecular formula is C31H31N3O9. The Balaban J connectivity index is 1.79. The van der Waals surface area contributed by atoms with Gasteiger partial charge in [0.05, 0.1) is 11.1 Å². The average molecular weight is 590 g/mol. The molecular weight excluding hydrogens is 558 g/mol. The summed E-state index contributed by atoms with van der Waals surface area (Å²) in [6.07, 6.45) is -4.47. The third-order valence-electron chi connectivity index (χ3n) is 6.06. The van der Waals surface area contributed by atoms with Gasteiger partial charge in [-0.1, -0.05) is 49.2 Å². The predicted octanol–water partition coefficient (Wildman–Crippen LogP) is 3.19. The minimum absolute atomic E-state index is 0.00204. The van der Waals surface area contributed by atoms with Crippen LogP contribution in [-0.4, -0.2) is 52.9 Å². The van der Waals surface area contributed by atoms with E-state index in [2.05, 4.69) is 10.7 Å². The molecule has 2 atom stereocenters. The molecule has 0 saturated heterocycles. The zero-order valence-corrected chi connectivity index (χ0v) is 23.9. The Bertz CT molecular complexity index is 1500. The van der Waals surface area contributed by atoms with Crippen molar-refractivity contribution in [3.8, 4) is 0 Å². The number of carboxylic acids is 1. The molecule has 3 aromatic rings. The van der Waals surface area contributed by atoms with E-state index < -0.39 is 41.9 Å². The normalized spacial score (nSPS) is 11.9. The number of anilines is 1. The van der Waals surface area contributed by atoms with Crippen molar-refractivity contribution in [1.29, 1.82) is 0 Å². The lowest BCUT2D eigenvalue weighted by molar-refractivity contribution is -0.159. The molecule has 0 bridgehead atoms. The number of carbonyl (C=O) groups is 6. The molecule has 0 aromatic heterocycles. The van der Waals surface area contributed by atoms with Crippen LogP contribution in [0.2, 0.25) is 0 Å². The van der Waals surface area contributed by atoms with Crippen LogP contribution >= 0.6 is 0 Å². The third kappa shape index (κ3) is 8.98. The van der Waals surface area contributed by atoms with E-state index in [4.69, 9.17) is 9.47 Å². The Labute approximate surface area is 247 Å². The third-order valence-corrected chi connectivity index (χ3v) is 6.06. The molecule has 0 aliphatic carbocycles. The standard InChI is InChI=1S/C31H31N3O9/c1-17(2)26(35)32-23-15-13-20(14-16-23)27(36)33-34-28(37)24(42-30(40)21-9-5-18(3)6-10-21)25(29(38)39)43-31(41)22-11-7-19(4)8-12-22/h5-17,24-25H,1-4H3,(H,32,35)(H,33,36)(H,34,37)(H,38,39)/t24-,25-/m1/s1. The summed E-state index contributed by atoms with van der Waals surface area (Å²) in [4.78, 5) is 75.4. The summed E-state index contributed by atoms with van der Waals surface area (Å²) >= 11 is 0. The highest BCUT2D eigenvalue weighted by molar-refractivity contribution is 5.99. The van der Waals surface area contributed by atoms with Gasteiger partial charge in [0, 0.05) is 17.2 Å². The molecule has 3 aromatic carbocycles. The Morgan fingerprint density at radius 1 is 0.605 bits per heavy atom. The van der Waals surface area contributed by atoms with E-state index in [9.17, 15) is 33.9 Å². The van der Waals surface area contributed by atoms with Gasteiger partial charge < -0.3 is 19.9 Å². The van der Waals surface area contributed by atoms with Gasteiger partial charge in [-0.15, -0.1) is 0 Å². The first-order valence-corrected chi connectivity index (χ1v) is 13.1. The van der Waals surface area contributed by atoms with Gasteiger partial charge in [-0.3, -0.25) is 25.2 Å². The number of hydrazine groups is 1. The number of ether oxygens (including phenoxy) is 2. The van der Waals surface area contributed by atoms with Crippen molar-refractivity contribution >= 4 is 41.3 Å². The van der Waals surface area contributed by atoms with Gasteiger partial charge in [0.25, 0.3) is 11.8 Å². The summed E-state index contributed by atoms with van der Waals surface area (Å²) in [5.41, 5.74) is 6.34. The SMILES string of the molecule is Cc1ccc(C(=O)O[C@@H](C(=O)O)[C@@H](OC(=O)c2ccc(C)cc2)C(=O)NNC(=O)c2ccc(NC(=O)C(C)C)cc2)cc1. The molecule has 12 heteroatoms. The van der Waals surface area contributed by atoms with Gasteiger partial charge in [0.2, 0.25) is 18.1 Å². The van der Waals surface area contributed by atoms with E-state index >= 15 is 0 Å². The highest BCUT2D eigenvalue weighted by Gasteiger charge is 2.41. The number of hydrogen-bond acceptors (Lipinski definition) is 8. The van der Waals surface area contributed by atoms with Crippen molar-refractivity contribution in [1.82, 2.24) is 10.9 Å². The van der Waals surface area contributed by atoms with Crippen LogP contribution in [0, 0.1) is 19.8 Å². The number of nitrogens with one attached hydrogen (secondary N) is 3. The minimum atomic E-state index is -2.27. The molecule has 0 fully saturated rings. The fraction of sp³-hybridized carbons (Fsp3) is 0.226. The highest BCUT2D eigenvalue weighted by atomic mass is 16.6. The number of esters is 2. The van der Waals surface area contributed by atoms with Gasteiger partial charge in [-0.2, -0.15) is 0 Å². The van der Waals surface area contributed by atoms with E-state index in [0.29, 0.717) is 5.69 Å². The van der Waals surface area contributed by atoms with Gasteiger partial charge in [-0.25, -0.2) is 14.4 Å². The van der Waals surface area contributed by atoms with Gasteiger partial charge >= 0.3 is 17.9 Å². The first-order chi connectivity index (χ1) is 20.3. The first kappa shape index (κ1) is 32.0. The monoisotopic (exact) mass is 589 g/mol. The van der Waals surface area contributed by atoms with E-state index in [-0.39, 0.29) is 28.5 Å². The smallest absolute Gasteiger partial charge is 0.349 e. The first-order valence-electron chi connectivity index (χ1n) is 13.1. The summed E-state index contributed by atoms with van der Waals surface area (Å²) < 4.78 is 10.3. The number of hydrogen-bond donors (Lipinski definition) is 4. The van der Waals surface area contributed by atoms with Crippen molar-refractivity contribution in [3.63, 3.8) is 0 Å². The molecule has 0 unspecified atom stereocenters. The second kappa shape index (κ2) is 14.4. The van der Waals surface area contributed by atoms with Crippen LogP contribution < -0.4 is 16.2 Å². The average Bonchev–Trinajstić information content (AvgIpc) is 2.98. The lowest BCUT2D eigenvalue weighted by Gasteiger charge is -2.23. The van der Waals surface area contributed by atoms with Crippen LogP contribution in [0.15, 0.2) is 72.8 Å². The second-order valence-electron chi connectivity index (χ2n) is 9.89. The topological polar surface area (TPSA) is 177 Å². The molecule has 0 radical (unpaired) electrons. The summed E-state index contributed by atoms with van der Waals surface area (Å²) in [7, 11) is 0. The van der Waals surface area contributed by atoms with Crippen LogP contribution in [0.1, 0.15) is 56.0 Å². The molecule has 0 spiro atoms.